The standard InChI is InChI=1S/C41H58N6O12/c1-20(2)33(42-23(6)48)38(56)44-27(12-13-30(49)50)36(54)46-34(21(3)4)40(58)47-15-14-24(19-41(7,8)9)35(47)39(57)45-28(18-31(51)52)37(55)43-25-10-11-26-22(5)16-32(53)59-29(26)17-25/h10-11,16-17,20-21,24,27-28,33-35H,12-15,18-19H2,1-9H3,(H,42,48)(H,43,55)(H,44,56)(H,45,57)(H,46,54)(H,49,50)(H,51,52)/t24-,27+,28+,33+,34+,35+/m1/s1. The summed E-state index contributed by atoms with van der Waals surface area (Å²) in [5, 5.41) is 32.6. The number of anilines is 1. The molecule has 18 nitrogen and oxygen atoms in total. The number of amides is 6. The quantitative estimate of drug-likeness (QED) is 0.107. The molecule has 1 aliphatic rings. The van der Waals surface area contributed by atoms with Crippen molar-refractivity contribution in [2.75, 3.05) is 11.9 Å². The van der Waals surface area contributed by atoms with Gasteiger partial charge >= 0.3 is 17.6 Å². The summed E-state index contributed by atoms with van der Waals surface area (Å²) in [7, 11) is 0. The summed E-state index contributed by atoms with van der Waals surface area (Å²) in [5.41, 5.74) is 0.0810. The first-order valence-electron chi connectivity index (χ1n) is 19.7. The molecule has 6 atom stereocenters. The lowest BCUT2D eigenvalue weighted by atomic mass is 9.81. The molecule has 1 saturated heterocycles. The molecule has 0 spiro atoms. The number of carbonyl (C=O) groups is 8. The van der Waals surface area contributed by atoms with E-state index in [0.29, 0.717) is 23.8 Å². The second kappa shape index (κ2) is 20.2. The van der Waals surface area contributed by atoms with Gasteiger partial charge in [0.2, 0.25) is 35.4 Å². The zero-order valence-corrected chi connectivity index (χ0v) is 35.1. The van der Waals surface area contributed by atoms with Crippen LogP contribution >= 0.6 is 0 Å². The van der Waals surface area contributed by atoms with E-state index in [1.54, 1.807) is 40.7 Å². The first kappa shape index (κ1) is 47.6. The molecule has 1 fully saturated rings. The van der Waals surface area contributed by atoms with E-state index in [1.165, 1.54) is 30.0 Å². The van der Waals surface area contributed by atoms with Gasteiger partial charge in [0.1, 0.15) is 35.8 Å². The van der Waals surface area contributed by atoms with E-state index in [1.807, 2.05) is 20.8 Å². The van der Waals surface area contributed by atoms with Gasteiger partial charge in [-0.15, -0.1) is 0 Å². The van der Waals surface area contributed by atoms with E-state index in [-0.39, 0.29) is 35.6 Å². The topological polar surface area (TPSA) is 271 Å². The van der Waals surface area contributed by atoms with Crippen molar-refractivity contribution in [3.8, 4) is 0 Å². The fourth-order valence-corrected chi connectivity index (χ4v) is 7.23. The summed E-state index contributed by atoms with van der Waals surface area (Å²) in [4.78, 5) is 118. The van der Waals surface area contributed by atoms with E-state index in [9.17, 15) is 53.4 Å². The molecule has 0 unspecified atom stereocenters. The van der Waals surface area contributed by atoms with Crippen LogP contribution < -0.4 is 32.2 Å². The minimum absolute atomic E-state index is 0.0836. The number of rotatable bonds is 18. The maximum atomic E-state index is 14.5. The highest BCUT2D eigenvalue weighted by atomic mass is 16.4. The van der Waals surface area contributed by atoms with Crippen LogP contribution in [0.2, 0.25) is 0 Å². The smallest absolute Gasteiger partial charge is 0.336 e. The fraction of sp³-hybridized carbons (Fsp3) is 0.585. The normalized spacial score (nSPS) is 17.4. The van der Waals surface area contributed by atoms with Crippen molar-refractivity contribution < 1.29 is 53.0 Å². The molecule has 1 aromatic heterocycles. The van der Waals surface area contributed by atoms with Gasteiger partial charge in [-0.3, -0.25) is 38.4 Å². The van der Waals surface area contributed by atoms with E-state index in [4.69, 9.17) is 4.42 Å². The Morgan fingerprint density at radius 1 is 0.831 bits per heavy atom. The molecule has 59 heavy (non-hydrogen) atoms. The summed E-state index contributed by atoms with van der Waals surface area (Å²) in [6.07, 6.45) is -0.818. The molecular formula is C41H58N6O12. The molecule has 0 aliphatic carbocycles. The Labute approximate surface area is 342 Å². The zero-order chi connectivity index (χ0) is 44.5. The molecule has 3 rings (SSSR count). The van der Waals surface area contributed by atoms with Gasteiger partial charge in [-0.05, 0) is 67.1 Å². The number of carbonyl (C=O) groups excluding carboxylic acids is 6. The highest BCUT2D eigenvalue weighted by Gasteiger charge is 2.46. The monoisotopic (exact) mass is 826 g/mol. The van der Waals surface area contributed by atoms with Crippen LogP contribution in [0.4, 0.5) is 5.69 Å². The number of carboxylic acids is 2. The summed E-state index contributed by atoms with van der Waals surface area (Å²) in [6, 6.07) is -0.617. The van der Waals surface area contributed by atoms with Crippen molar-refractivity contribution in [3.63, 3.8) is 0 Å². The zero-order valence-electron chi connectivity index (χ0n) is 35.1. The third-order valence-corrected chi connectivity index (χ3v) is 10.00. The Balaban J connectivity index is 1.92. The highest BCUT2D eigenvalue weighted by molar-refractivity contribution is 6.02. The second-order valence-electron chi connectivity index (χ2n) is 17.0. The lowest BCUT2D eigenvalue weighted by Gasteiger charge is -2.35. The number of aliphatic carboxylic acids is 2. The molecule has 2 aromatic rings. The summed E-state index contributed by atoms with van der Waals surface area (Å²) in [6.45, 7) is 15.6. The van der Waals surface area contributed by atoms with E-state index >= 15 is 0 Å². The predicted octanol–water partition coefficient (Wildman–Crippen LogP) is 2.30. The maximum absolute atomic E-state index is 14.5. The molecule has 18 heteroatoms. The van der Waals surface area contributed by atoms with Crippen LogP contribution in [0.15, 0.2) is 33.5 Å². The Morgan fingerprint density at radius 3 is 2.03 bits per heavy atom. The van der Waals surface area contributed by atoms with Crippen LogP contribution in [0.25, 0.3) is 11.0 Å². The molecule has 324 valence electrons. The Morgan fingerprint density at radius 2 is 1.47 bits per heavy atom. The van der Waals surface area contributed by atoms with Gasteiger partial charge in [0.05, 0.1) is 6.42 Å². The Kier molecular flexibility index (Phi) is 16.3. The highest BCUT2D eigenvalue weighted by Crippen LogP contribution is 2.36. The molecule has 0 radical (unpaired) electrons. The van der Waals surface area contributed by atoms with Crippen molar-refractivity contribution >= 4 is 64.0 Å². The largest absolute Gasteiger partial charge is 0.481 e. The number of benzene rings is 1. The minimum atomic E-state index is -1.60. The fourth-order valence-electron chi connectivity index (χ4n) is 7.23. The third kappa shape index (κ3) is 13.6. The summed E-state index contributed by atoms with van der Waals surface area (Å²) < 4.78 is 5.26. The number of carboxylic acid groups (broad SMARTS) is 2. The number of hydrogen-bond donors (Lipinski definition) is 7. The molecule has 2 heterocycles. The Bertz CT molecular complexity index is 1990. The summed E-state index contributed by atoms with van der Waals surface area (Å²) >= 11 is 0. The Hall–Kier alpha value is -5.81. The number of aryl methyl sites for hydroxylation is 1. The van der Waals surface area contributed by atoms with Gasteiger partial charge in [-0.2, -0.15) is 0 Å². The van der Waals surface area contributed by atoms with Crippen molar-refractivity contribution in [2.45, 2.75) is 125 Å². The van der Waals surface area contributed by atoms with Crippen LogP contribution in [0, 0.1) is 30.1 Å². The first-order valence-corrected chi connectivity index (χ1v) is 19.7. The van der Waals surface area contributed by atoms with Crippen LogP contribution in [0.1, 0.15) is 93.1 Å². The maximum Gasteiger partial charge on any atom is 0.336 e. The van der Waals surface area contributed by atoms with Gasteiger partial charge in [0.25, 0.3) is 0 Å². The van der Waals surface area contributed by atoms with Gasteiger partial charge in [0.15, 0.2) is 0 Å². The van der Waals surface area contributed by atoms with Crippen LogP contribution in [-0.4, -0.2) is 99.2 Å². The first-order chi connectivity index (χ1) is 27.4. The van der Waals surface area contributed by atoms with Crippen LogP contribution in [0.3, 0.4) is 0 Å². The average Bonchev–Trinajstić information content (AvgIpc) is 3.51. The molecule has 0 bridgehead atoms. The van der Waals surface area contributed by atoms with E-state index < -0.39 is 108 Å². The molecule has 7 N–H and O–H groups in total. The number of fused-ring (bicyclic) bond motifs is 1. The lowest BCUT2D eigenvalue weighted by molar-refractivity contribution is -0.145. The number of likely N-dealkylation sites (tertiary alicyclic amines) is 1. The van der Waals surface area contributed by atoms with Crippen molar-refractivity contribution in [2.24, 2.45) is 23.2 Å². The lowest BCUT2D eigenvalue weighted by Crippen LogP contribution is -2.61. The SMILES string of the molecule is CC(=O)N[C@H](C(=O)N[C@@H](CCC(=O)O)C(=O)N[C@H](C(=O)N1CC[C@H](CC(C)(C)C)[C@H]1C(=O)N[C@@H](CC(=O)O)C(=O)Nc1ccc2c(C)cc(=O)oc2c1)C(C)C)C(C)C. The van der Waals surface area contributed by atoms with E-state index in [0.717, 1.165) is 0 Å². The van der Waals surface area contributed by atoms with Crippen molar-refractivity contribution in [1.82, 2.24) is 26.2 Å². The second-order valence-corrected chi connectivity index (χ2v) is 17.0. The minimum Gasteiger partial charge on any atom is -0.481 e. The third-order valence-electron chi connectivity index (χ3n) is 10.00. The van der Waals surface area contributed by atoms with E-state index in [2.05, 4.69) is 26.6 Å². The molecule has 0 saturated carbocycles. The number of nitrogens with one attached hydrogen (secondary N) is 5. The predicted molar refractivity (Wildman–Crippen MR) is 216 cm³/mol. The number of hydrogen-bond acceptors (Lipinski definition) is 10. The van der Waals surface area contributed by atoms with Crippen LogP contribution in [0.5, 0.6) is 0 Å². The average molecular weight is 827 g/mol. The van der Waals surface area contributed by atoms with Gasteiger partial charge in [-0.1, -0.05) is 48.5 Å². The van der Waals surface area contributed by atoms with Crippen molar-refractivity contribution in [3.05, 3.63) is 40.2 Å². The molecular weight excluding hydrogens is 768 g/mol. The molecule has 6 amide bonds. The molecule has 1 aromatic carbocycles. The van der Waals surface area contributed by atoms with Crippen molar-refractivity contribution in [1.29, 1.82) is 0 Å². The number of nitrogens with zero attached hydrogens (tertiary/aromatic N) is 1. The van der Waals surface area contributed by atoms with Gasteiger partial charge in [0, 0.05) is 43.1 Å². The molecule has 1 aliphatic heterocycles. The van der Waals surface area contributed by atoms with Gasteiger partial charge < -0.3 is 46.1 Å². The van der Waals surface area contributed by atoms with Gasteiger partial charge in [-0.25, -0.2) is 4.79 Å². The summed E-state index contributed by atoms with van der Waals surface area (Å²) in [5.74, 6) is -8.41. The van der Waals surface area contributed by atoms with Crippen LogP contribution in [-0.2, 0) is 38.4 Å².